The van der Waals surface area contributed by atoms with Crippen molar-refractivity contribution in [1.29, 1.82) is 0 Å². The molecule has 1 aliphatic rings. The third kappa shape index (κ3) is 7.02. The number of nitrogens with two attached hydrogens (primary N) is 1. The van der Waals surface area contributed by atoms with Crippen LogP contribution in [0.25, 0.3) is 0 Å². The molecule has 0 bridgehead atoms. The molecule has 5 nitrogen and oxygen atoms in total. The van der Waals surface area contributed by atoms with Crippen LogP contribution in [0.2, 0.25) is 0 Å². The van der Waals surface area contributed by atoms with Crippen LogP contribution in [0.5, 0.6) is 0 Å². The Bertz CT molecular complexity index is 725. The molecular weight excluding hydrogens is 426 g/mol. The van der Waals surface area contributed by atoms with E-state index in [2.05, 4.69) is 15.1 Å². The van der Waals surface area contributed by atoms with Gasteiger partial charge in [-0.1, -0.05) is 12.1 Å². The van der Waals surface area contributed by atoms with E-state index in [0.29, 0.717) is 17.8 Å². The first-order valence-corrected chi connectivity index (χ1v) is 8.49. The van der Waals surface area contributed by atoms with Crippen LogP contribution in [0.15, 0.2) is 48.5 Å². The number of hydrogen-bond donors (Lipinski definition) is 2. The first-order chi connectivity index (χ1) is 12.1. The third-order valence-electron chi connectivity index (χ3n) is 4.48. The molecule has 2 aromatic rings. The molecule has 0 saturated carbocycles. The summed E-state index contributed by atoms with van der Waals surface area (Å²) in [5.74, 6) is -0.347. The largest absolute Gasteiger partial charge is 0.398 e. The molecule has 2 aromatic carbocycles. The Labute approximate surface area is 183 Å². The number of nitrogens with zero attached hydrogens (tertiary/aromatic N) is 2. The second-order valence-corrected chi connectivity index (χ2v) is 6.15. The molecule has 156 valence electrons. The monoisotopic (exact) mass is 450 g/mol. The summed E-state index contributed by atoms with van der Waals surface area (Å²) in [5.41, 5.74) is 7.88. The quantitative estimate of drug-likeness (QED) is 0.685. The highest BCUT2D eigenvalue weighted by Gasteiger charge is 2.17. The molecule has 1 amide bonds. The van der Waals surface area contributed by atoms with Crippen LogP contribution in [0.1, 0.15) is 10.4 Å². The van der Waals surface area contributed by atoms with Gasteiger partial charge in [0.05, 0.1) is 5.56 Å². The number of anilines is 2. The molecule has 0 aliphatic carbocycles. The zero-order valence-electron chi connectivity index (χ0n) is 15.3. The van der Waals surface area contributed by atoms with Gasteiger partial charge in [0.1, 0.15) is 5.82 Å². The smallest absolute Gasteiger partial charge is 0.253 e. The molecule has 0 radical (unpaired) electrons. The van der Waals surface area contributed by atoms with Crippen LogP contribution in [0, 0.1) is 5.82 Å². The van der Waals surface area contributed by atoms with Crippen molar-refractivity contribution < 1.29 is 9.18 Å². The van der Waals surface area contributed by atoms with E-state index in [0.717, 1.165) is 38.4 Å². The summed E-state index contributed by atoms with van der Waals surface area (Å²) >= 11 is 0. The van der Waals surface area contributed by atoms with Gasteiger partial charge in [0, 0.05) is 50.6 Å². The number of piperazine rings is 1. The normalized spacial score (nSPS) is 13.5. The summed E-state index contributed by atoms with van der Waals surface area (Å²) in [7, 11) is 0. The predicted octanol–water partition coefficient (Wildman–Crippen LogP) is 3.23. The summed E-state index contributed by atoms with van der Waals surface area (Å²) in [6, 6.07) is 13.7. The van der Waals surface area contributed by atoms with Gasteiger partial charge in [-0.3, -0.25) is 9.69 Å². The lowest BCUT2D eigenvalue weighted by molar-refractivity contribution is 0.0948. The van der Waals surface area contributed by atoms with E-state index in [1.54, 1.807) is 18.2 Å². The number of benzene rings is 2. The molecule has 0 atom stereocenters. The Hall–Kier alpha value is -1.73. The van der Waals surface area contributed by atoms with E-state index < -0.39 is 0 Å². The lowest BCUT2D eigenvalue weighted by Crippen LogP contribution is -2.48. The highest BCUT2D eigenvalue weighted by molar-refractivity contribution is 5.99. The van der Waals surface area contributed by atoms with Crippen LogP contribution >= 0.6 is 37.2 Å². The van der Waals surface area contributed by atoms with Crippen molar-refractivity contribution in [3.8, 4) is 0 Å². The van der Waals surface area contributed by atoms with Crippen molar-refractivity contribution in [2.45, 2.75) is 0 Å². The van der Waals surface area contributed by atoms with Crippen LogP contribution in [0.3, 0.4) is 0 Å². The second-order valence-electron chi connectivity index (χ2n) is 6.15. The maximum atomic E-state index is 13.0. The van der Waals surface area contributed by atoms with Crippen LogP contribution < -0.4 is 16.0 Å². The average molecular weight is 452 g/mol. The Balaban J connectivity index is 0.00000243. The Kier molecular flexibility index (Phi) is 11.9. The summed E-state index contributed by atoms with van der Waals surface area (Å²) in [5, 5.41) is 2.92. The molecule has 1 heterocycles. The highest BCUT2D eigenvalue weighted by Crippen LogP contribution is 2.16. The number of amides is 1. The fourth-order valence-corrected chi connectivity index (χ4v) is 3.01. The van der Waals surface area contributed by atoms with Crippen LogP contribution in [-0.2, 0) is 0 Å². The molecule has 1 fully saturated rings. The summed E-state index contributed by atoms with van der Waals surface area (Å²) in [4.78, 5) is 16.7. The maximum absolute atomic E-state index is 13.0. The van der Waals surface area contributed by atoms with Gasteiger partial charge >= 0.3 is 0 Å². The molecule has 3 rings (SSSR count). The van der Waals surface area contributed by atoms with E-state index >= 15 is 0 Å². The first kappa shape index (κ1) is 26.3. The minimum absolute atomic E-state index is 0. The fourth-order valence-electron chi connectivity index (χ4n) is 3.01. The minimum Gasteiger partial charge on any atom is -0.398 e. The number of nitrogens with one attached hydrogen (secondary N) is 1. The standard InChI is InChI=1S/C19H23FN4O.3ClH/c20-15-5-7-16(8-6-15)24-13-11-23(12-14-24)10-9-22-19(25)17-3-1-2-4-18(17)21;;;/h1-8H,9-14,21H2,(H,22,25);3*1H. The predicted molar refractivity (Wildman–Crippen MR) is 120 cm³/mol. The topological polar surface area (TPSA) is 61.6 Å². The second kappa shape index (κ2) is 12.7. The van der Waals surface area contributed by atoms with E-state index in [-0.39, 0.29) is 48.9 Å². The number of carbonyl (C=O) groups is 1. The average Bonchev–Trinajstić information content (AvgIpc) is 2.63. The fraction of sp³-hybridized carbons (Fsp3) is 0.316. The van der Waals surface area contributed by atoms with Gasteiger partial charge < -0.3 is 16.0 Å². The van der Waals surface area contributed by atoms with Crippen LogP contribution in [-0.4, -0.2) is 50.1 Å². The van der Waals surface area contributed by atoms with Crippen LogP contribution in [0.4, 0.5) is 15.8 Å². The number of para-hydroxylation sites is 1. The number of halogens is 4. The SMILES string of the molecule is Cl.Cl.Cl.Nc1ccccc1C(=O)NCCN1CCN(c2ccc(F)cc2)CC1. The molecule has 0 unspecified atom stereocenters. The Morgan fingerprint density at radius 1 is 0.964 bits per heavy atom. The van der Waals surface area contributed by atoms with Crippen molar-refractivity contribution in [3.63, 3.8) is 0 Å². The molecule has 1 aliphatic heterocycles. The third-order valence-corrected chi connectivity index (χ3v) is 4.48. The summed E-state index contributed by atoms with van der Waals surface area (Å²) in [6.45, 7) is 5.01. The van der Waals surface area contributed by atoms with Gasteiger partial charge in [0.2, 0.25) is 0 Å². The number of carbonyl (C=O) groups excluding carboxylic acids is 1. The molecular formula is C19H26Cl3FN4O. The van der Waals surface area contributed by atoms with Gasteiger partial charge in [0.25, 0.3) is 5.91 Å². The number of rotatable bonds is 5. The molecule has 0 spiro atoms. The maximum Gasteiger partial charge on any atom is 0.253 e. The van der Waals surface area contributed by atoms with Crippen molar-refractivity contribution >= 4 is 54.5 Å². The van der Waals surface area contributed by atoms with Crippen molar-refractivity contribution in [2.75, 3.05) is 49.9 Å². The first-order valence-electron chi connectivity index (χ1n) is 8.49. The minimum atomic E-state index is -0.211. The van der Waals surface area contributed by atoms with E-state index in [1.807, 2.05) is 18.2 Å². The molecule has 1 saturated heterocycles. The number of hydrogen-bond acceptors (Lipinski definition) is 4. The van der Waals surface area contributed by atoms with Gasteiger partial charge in [-0.05, 0) is 36.4 Å². The van der Waals surface area contributed by atoms with Gasteiger partial charge in [-0.25, -0.2) is 4.39 Å². The molecule has 3 N–H and O–H groups in total. The van der Waals surface area contributed by atoms with Gasteiger partial charge in [-0.2, -0.15) is 0 Å². The van der Waals surface area contributed by atoms with Gasteiger partial charge in [-0.15, -0.1) is 37.2 Å². The van der Waals surface area contributed by atoms with E-state index in [4.69, 9.17) is 5.73 Å². The molecule has 0 aromatic heterocycles. The zero-order chi connectivity index (χ0) is 17.6. The lowest BCUT2D eigenvalue weighted by Gasteiger charge is -2.36. The summed E-state index contributed by atoms with van der Waals surface area (Å²) < 4.78 is 13.0. The van der Waals surface area contributed by atoms with Crippen molar-refractivity contribution in [2.24, 2.45) is 0 Å². The molecule has 28 heavy (non-hydrogen) atoms. The summed E-state index contributed by atoms with van der Waals surface area (Å²) in [6.07, 6.45) is 0. The van der Waals surface area contributed by atoms with Crippen molar-refractivity contribution in [1.82, 2.24) is 10.2 Å². The lowest BCUT2D eigenvalue weighted by atomic mass is 10.1. The van der Waals surface area contributed by atoms with Gasteiger partial charge in [0.15, 0.2) is 0 Å². The Morgan fingerprint density at radius 3 is 2.18 bits per heavy atom. The molecule has 9 heteroatoms. The Morgan fingerprint density at radius 2 is 1.57 bits per heavy atom. The highest BCUT2D eigenvalue weighted by atomic mass is 35.5. The van der Waals surface area contributed by atoms with E-state index in [9.17, 15) is 9.18 Å². The van der Waals surface area contributed by atoms with Crippen molar-refractivity contribution in [3.05, 3.63) is 59.9 Å². The van der Waals surface area contributed by atoms with E-state index in [1.165, 1.54) is 12.1 Å². The number of nitrogen functional groups attached to an aromatic ring is 1. The zero-order valence-corrected chi connectivity index (χ0v) is 17.8.